The lowest BCUT2D eigenvalue weighted by molar-refractivity contribution is 0.0745. The van der Waals surface area contributed by atoms with Crippen molar-refractivity contribution in [1.29, 1.82) is 0 Å². The molecule has 1 aliphatic heterocycles. The zero-order chi connectivity index (χ0) is 17.4. The largest absolute Gasteiger partial charge is 0.334 e. The normalized spacial score (nSPS) is 18.4. The van der Waals surface area contributed by atoms with E-state index in [0.29, 0.717) is 24.2 Å². The minimum absolute atomic E-state index is 0.0776. The number of likely N-dealkylation sites (tertiary alicyclic amines) is 1. The number of nitrogens with zero attached hydrogens (tertiary/aromatic N) is 3. The third kappa shape index (κ3) is 3.45. The molecule has 1 aromatic heterocycles. The zero-order valence-corrected chi connectivity index (χ0v) is 14.6. The summed E-state index contributed by atoms with van der Waals surface area (Å²) in [6.07, 6.45) is 1.33. The van der Waals surface area contributed by atoms with Crippen molar-refractivity contribution >= 4 is 15.9 Å². The molecular formula is C14H22N4O4S. The number of hydrogen-bond donors (Lipinski definition) is 1. The fourth-order valence-electron chi connectivity index (χ4n) is 2.86. The van der Waals surface area contributed by atoms with Crippen LogP contribution in [0.2, 0.25) is 0 Å². The average Bonchev–Trinajstić information content (AvgIpc) is 2.92. The number of sulfonamides is 1. The van der Waals surface area contributed by atoms with Crippen LogP contribution in [0, 0.1) is 13.8 Å². The molecule has 23 heavy (non-hydrogen) atoms. The van der Waals surface area contributed by atoms with Gasteiger partial charge in [-0.15, -0.1) is 0 Å². The Bertz CT molecular complexity index is 785. The van der Waals surface area contributed by atoms with Gasteiger partial charge in [-0.25, -0.2) is 17.8 Å². The van der Waals surface area contributed by atoms with Crippen LogP contribution in [-0.2, 0) is 17.1 Å². The molecule has 1 N–H and O–H groups in total. The number of aromatic nitrogens is 2. The molecule has 2 rings (SSSR count). The summed E-state index contributed by atoms with van der Waals surface area (Å²) >= 11 is 0. The van der Waals surface area contributed by atoms with Gasteiger partial charge in [0, 0.05) is 19.6 Å². The Kier molecular flexibility index (Phi) is 4.90. The molecule has 1 aliphatic rings. The minimum Gasteiger partial charge on any atom is -0.334 e. The van der Waals surface area contributed by atoms with Crippen LogP contribution < -0.4 is 10.3 Å². The summed E-state index contributed by atoms with van der Waals surface area (Å²) in [7, 11) is -0.579. The molecule has 0 bridgehead atoms. The summed E-state index contributed by atoms with van der Waals surface area (Å²) in [5.74, 6) is -0.569. The van der Waals surface area contributed by atoms with Crippen molar-refractivity contribution in [2.24, 2.45) is 7.05 Å². The monoisotopic (exact) mass is 342 g/mol. The summed E-state index contributed by atoms with van der Waals surface area (Å²) in [6, 6.07) is -0.419. The average molecular weight is 342 g/mol. The zero-order valence-electron chi connectivity index (χ0n) is 13.8. The van der Waals surface area contributed by atoms with Crippen LogP contribution in [0.4, 0.5) is 0 Å². The molecule has 1 unspecified atom stereocenters. The van der Waals surface area contributed by atoms with Gasteiger partial charge in [-0.3, -0.25) is 9.59 Å². The van der Waals surface area contributed by atoms with Crippen molar-refractivity contribution in [2.45, 2.75) is 32.7 Å². The minimum atomic E-state index is -3.43. The lowest BCUT2D eigenvalue weighted by Crippen LogP contribution is -2.44. The standard InChI is InChI=1S/C14H22N4O4S/c1-9-10(2)16-17(4)13(19)12(9)14(20)18-7-5-6-11(18)8-23(21,22)15-3/h11,15H,5-8H2,1-4H3. The van der Waals surface area contributed by atoms with Crippen LogP contribution >= 0.6 is 0 Å². The number of aryl methyl sites for hydroxylation is 2. The quantitative estimate of drug-likeness (QED) is 0.799. The van der Waals surface area contributed by atoms with E-state index in [1.807, 2.05) is 0 Å². The van der Waals surface area contributed by atoms with Gasteiger partial charge in [0.1, 0.15) is 5.56 Å². The summed E-state index contributed by atoms with van der Waals surface area (Å²) in [5, 5.41) is 4.06. The molecule has 0 aliphatic carbocycles. The van der Waals surface area contributed by atoms with Crippen molar-refractivity contribution < 1.29 is 13.2 Å². The van der Waals surface area contributed by atoms with E-state index in [-0.39, 0.29) is 11.3 Å². The Morgan fingerprint density at radius 2 is 2.04 bits per heavy atom. The molecule has 1 atom stereocenters. The first-order valence-corrected chi connectivity index (χ1v) is 9.10. The van der Waals surface area contributed by atoms with Gasteiger partial charge in [-0.05, 0) is 39.3 Å². The molecule has 0 spiro atoms. The molecule has 2 heterocycles. The second-order valence-electron chi connectivity index (χ2n) is 5.79. The Labute approximate surface area is 135 Å². The van der Waals surface area contributed by atoms with Gasteiger partial charge in [-0.2, -0.15) is 5.10 Å². The predicted octanol–water partition coefficient (Wildman–Crippen LogP) is -0.449. The molecule has 0 aromatic carbocycles. The first-order chi connectivity index (χ1) is 10.7. The summed E-state index contributed by atoms with van der Waals surface area (Å²) in [6.45, 7) is 3.87. The van der Waals surface area contributed by atoms with E-state index >= 15 is 0 Å². The lowest BCUT2D eigenvalue weighted by Gasteiger charge is -2.25. The second-order valence-corrected chi connectivity index (χ2v) is 7.77. The van der Waals surface area contributed by atoms with Gasteiger partial charge in [-0.1, -0.05) is 0 Å². The van der Waals surface area contributed by atoms with Gasteiger partial charge in [0.05, 0.1) is 11.4 Å². The van der Waals surface area contributed by atoms with Crippen LogP contribution in [0.3, 0.4) is 0 Å². The first kappa shape index (κ1) is 17.6. The van der Waals surface area contributed by atoms with Crippen molar-refractivity contribution in [1.82, 2.24) is 19.4 Å². The molecule has 0 radical (unpaired) electrons. The smallest absolute Gasteiger partial charge is 0.279 e. The number of carbonyl (C=O) groups is 1. The molecule has 1 saturated heterocycles. The number of carbonyl (C=O) groups excluding carboxylic acids is 1. The molecule has 1 aromatic rings. The third-order valence-electron chi connectivity index (χ3n) is 4.30. The van der Waals surface area contributed by atoms with Crippen molar-refractivity contribution in [3.63, 3.8) is 0 Å². The maximum atomic E-state index is 12.8. The van der Waals surface area contributed by atoms with E-state index in [0.717, 1.165) is 11.1 Å². The highest BCUT2D eigenvalue weighted by molar-refractivity contribution is 7.89. The topological polar surface area (TPSA) is 101 Å². The molecule has 0 saturated carbocycles. The Balaban J connectivity index is 2.39. The van der Waals surface area contributed by atoms with Crippen LogP contribution in [0.1, 0.15) is 34.5 Å². The highest BCUT2D eigenvalue weighted by Gasteiger charge is 2.34. The Morgan fingerprint density at radius 3 is 2.65 bits per heavy atom. The van der Waals surface area contributed by atoms with E-state index < -0.39 is 27.5 Å². The summed E-state index contributed by atoms with van der Waals surface area (Å²) in [5.41, 5.74) is 0.767. The lowest BCUT2D eigenvalue weighted by atomic mass is 10.1. The number of amides is 1. The molecule has 1 fully saturated rings. The molecule has 9 heteroatoms. The SMILES string of the molecule is CNS(=O)(=O)CC1CCCN1C(=O)c1c(C)c(C)nn(C)c1=O. The van der Waals surface area contributed by atoms with Crippen LogP contribution in [-0.4, -0.2) is 54.4 Å². The number of hydrogen-bond acceptors (Lipinski definition) is 5. The van der Waals surface area contributed by atoms with Crippen LogP contribution in [0.15, 0.2) is 4.79 Å². The molecule has 1 amide bonds. The van der Waals surface area contributed by atoms with Crippen molar-refractivity contribution in [3.8, 4) is 0 Å². The van der Waals surface area contributed by atoms with E-state index in [1.165, 1.54) is 19.0 Å². The fourth-order valence-corrected chi connectivity index (χ4v) is 3.88. The van der Waals surface area contributed by atoms with E-state index in [9.17, 15) is 18.0 Å². The number of nitrogens with one attached hydrogen (secondary N) is 1. The summed E-state index contributed by atoms with van der Waals surface area (Å²) < 4.78 is 27.0. The molecular weight excluding hydrogens is 320 g/mol. The highest BCUT2D eigenvalue weighted by atomic mass is 32.2. The highest BCUT2D eigenvalue weighted by Crippen LogP contribution is 2.21. The first-order valence-electron chi connectivity index (χ1n) is 7.44. The van der Waals surface area contributed by atoms with E-state index in [4.69, 9.17) is 0 Å². The van der Waals surface area contributed by atoms with Gasteiger partial charge < -0.3 is 4.90 Å². The molecule has 128 valence electrons. The van der Waals surface area contributed by atoms with Gasteiger partial charge in [0.25, 0.3) is 11.5 Å². The maximum Gasteiger partial charge on any atom is 0.279 e. The van der Waals surface area contributed by atoms with Crippen LogP contribution in [0.5, 0.6) is 0 Å². The van der Waals surface area contributed by atoms with E-state index in [1.54, 1.807) is 13.8 Å². The Morgan fingerprint density at radius 1 is 1.39 bits per heavy atom. The number of rotatable bonds is 4. The fraction of sp³-hybridized carbons (Fsp3) is 0.643. The maximum absolute atomic E-state index is 12.8. The summed E-state index contributed by atoms with van der Waals surface area (Å²) in [4.78, 5) is 26.7. The predicted molar refractivity (Wildman–Crippen MR) is 85.9 cm³/mol. The Hall–Kier alpha value is -1.74. The second kappa shape index (κ2) is 6.40. The molecule has 8 nitrogen and oxygen atoms in total. The van der Waals surface area contributed by atoms with E-state index in [2.05, 4.69) is 9.82 Å². The third-order valence-corrected chi connectivity index (χ3v) is 5.75. The van der Waals surface area contributed by atoms with Crippen LogP contribution in [0.25, 0.3) is 0 Å². The van der Waals surface area contributed by atoms with Crippen molar-refractivity contribution in [3.05, 3.63) is 27.2 Å². The van der Waals surface area contributed by atoms with Gasteiger partial charge >= 0.3 is 0 Å². The van der Waals surface area contributed by atoms with Crippen molar-refractivity contribution in [2.75, 3.05) is 19.3 Å². The van der Waals surface area contributed by atoms with Gasteiger partial charge in [0.2, 0.25) is 10.0 Å². The van der Waals surface area contributed by atoms with Gasteiger partial charge in [0.15, 0.2) is 0 Å².